The molecule has 106 valence electrons. The molecule has 2 aromatic carbocycles. The summed E-state index contributed by atoms with van der Waals surface area (Å²) in [5.41, 5.74) is -0.172. The summed E-state index contributed by atoms with van der Waals surface area (Å²) in [6, 6.07) is 11.5. The van der Waals surface area contributed by atoms with E-state index in [1.165, 1.54) is 19.2 Å². The number of aromatic hydroxyl groups is 2. The van der Waals surface area contributed by atoms with Gasteiger partial charge in [0.15, 0.2) is 11.3 Å². The van der Waals surface area contributed by atoms with Crippen LogP contribution in [0.5, 0.6) is 17.2 Å². The molecule has 0 saturated heterocycles. The van der Waals surface area contributed by atoms with Gasteiger partial charge < -0.3 is 19.4 Å². The molecule has 1 heterocycles. The third-order valence-corrected chi connectivity index (χ3v) is 3.25. The third-order valence-electron chi connectivity index (χ3n) is 3.25. The number of benzene rings is 2. The van der Waals surface area contributed by atoms with Crippen LogP contribution in [0.15, 0.2) is 51.7 Å². The van der Waals surface area contributed by atoms with Crippen molar-refractivity contribution >= 4 is 11.0 Å². The van der Waals surface area contributed by atoms with Gasteiger partial charge in [-0.15, -0.1) is 0 Å². The van der Waals surface area contributed by atoms with Gasteiger partial charge in [-0.1, -0.05) is 30.3 Å². The summed E-state index contributed by atoms with van der Waals surface area (Å²) >= 11 is 0. The first-order valence-corrected chi connectivity index (χ1v) is 6.24. The molecule has 0 aliphatic carbocycles. The van der Waals surface area contributed by atoms with Crippen LogP contribution in [0.1, 0.15) is 0 Å². The van der Waals surface area contributed by atoms with Crippen molar-refractivity contribution in [3.63, 3.8) is 0 Å². The summed E-state index contributed by atoms with van der Waals surface area (Å²) in [5.74, 6) is -0.261. The van der Waals surface area contributed by atoms with Crippen molar-refractivity contribution in [2.24, 2.45) is 0 Å². The molecule has 3 aromatic rings. The molecule has 3 rings (SSSR count). The minimum Gasteiger partial charge on any atom is -0.507 e. The Bertz CT molecular complexity index is 865. The minimum atomic E-state index is -0.699. The average Bonchev–Trinajstić information content (AvgIpc) is 2.48. The van der Waals surface area contributed by atoms with E-state index in [0.717, 1.165) is 0 Å². The fourth-order valence-corrected chi connectivity index (χ4v) is 2.27. The molecule has 1 aromatic heterocycles. The number of ether oxygens (including phenoxy) is 1. The standard InChI is InChI=1S/C16H12O5/c1-20-11-8-7-10(17)13-14(18)12(16(19)21-15(11)13)9-5-3-2-4-6-9/h2-8,17-18H,1H3. The Morgan fingerprint density at radius 1 is 1.05 bits per heavy atom. The average molecular weight is 284 g/mol. The van der Waals surface area contributed by atoms with Crippen LogP contribution in [0.2, 0.25) is 0 Å². The maximum Gasteiger partial charge on any atom is 0.348 e. The minimum absolute atomic E-state index is 0.00616. The van der Waals surface area contributed by atoms with E-state index in [4.69, 9.17) is 9.15 Å². The van der Waals surface area contributed by atoms with Crippen molar-refractivity contribution in [3.05, 3.63) is 52.9 Å². The van der Waals surface area contributed by atoms with E-state index in [1.807, 2.05) is 0 Å². The van der Waals surface area contributed by atoms with Crippen LogP contribution in [0.3, 0.4) is 0 Å². The third kappa shape index (κ3) is 1.99. The van der Waals surface area contributed by atoms with Crippen LogP contribution in [0.25, 0.3) is 22.1 Å². The highest BCUT2D eigenvalue weighted by molar-refractivity contribution is 5.97. The van der Waals surface area contributed by atoms with E-state index >= 15 is 0 Å². The van der Waals surface area contributed by atoms with Gasteiger partial charge in [-0.05, 0) is 17.7 Å². The van der Waals surface area contributed by atoms with Crippen LogP contribution in [-0.2, 0) is 0 Å². The van der Waals surface area contributed by atoms with Gasteiger partial charge in [0.1, 0.15) is 22.4 Å². The number of phenolic OH excluding ortho intramolecular Hbond substituents is 1. The number of rotatable bonds is 2. The van der Waals surface area contributed by atoms with Crippen molar-refractivity contribution in [1.29, 1.82) is 0 Å². The molecule has 2 N–H and O–H groups in total. The molecule has 0 aliphatic heterocycles. The second-order valence-corrected chi connectivity index (χ2v) is 4.47. The molecule has 21 heavy (non-hydrogen) atoms. The van der Waals surface area contributed by atoms with Gasteiger partial charge in [-0.2, -0.15) is 0 Å². The van der Waals surface area contributed by atoms with Crippen LogP contribution in [0.4, 0.5) is 0 Å². The monoisotopic (exact) mass is 284 g/mol. The predicted molar refractivity (Wildman–Crippen MR) is 77.8 cm³/mol. The van der Waals surface area contributed by atoms with Gasteiger partial charge in [-0.25, -0.2) is 4.79 Å². The predicted octanol–water partition coefficient (Wildman–Crippen LogP) is 2.88. The molecule has 0 fully saturated rings. The van der Waals surface area contributed by atoms with Crippen molar-refractivity contribution in [2.75, 3.05) is 7.11 Å². The second kappa shape index (κ2) is 4.86. The Hall–Kier alpha value is -2.95. The van der Waals surface area contributed by atoms with Gasteiger partial charge in [0.05, 0.1) is 7.11 Å². The fourth-order valence-electron chi connectivity index (χ4n) is 2.27. The van der Waals surface area contributed by atoms with E-state index in [9.17, 15) is 15.0 Å². The molecule has 0 atom stereocenters. The zero-order valence-electron chi connectivity index (χ0n) is 11.2. The van der Waals surface area contributed by atoms with E-state index in [0.29, 0.717) is 5.56 Å². The molecule has 0 saturated carbocycles. The Morgan fingerprint density at radius 2 is 1.76 bits per heavy atom. The normalized spacial score (nSPS) is 10.7. The number of hydrogen-bond donors (Lipinski definition) is 2. The maximum absolute atomic E-state index is 12.2. The van der Waals surface area contributed by atoms with E-state index in [-0.39, 0.29) is 33.8 Å². The van der Waals surface area contributed by atoms with Crippen molar-refractivity contribution in [1.82, 2.24) is 0 Å². The van der Waals surface area contributed by atoms with E-state index in [1.54, 1.807) is 30.3 Å². The lowest BCUT2D eigenvalue weighted by Crippen LogP contribution is -2.04. The Kier molecular flexibility index (Phi) is 3.02. The summed E-state index contributed by atoms with van der Waals surface area (Å²) in [5, 5.41) is 20.4. The van der Waals surface area contributed by atoms with Crippen molar-refractivity contribution < 1.29 is 19.4 Å². The number of hydrogen-bond acceptors (Lipinski definition) is 5. The molecular formula is C16H12O5. The first kappa shape index (κ1) is 13.1. The number of methoxy groups -OCH3 is 1. The lowest BCUT2D eigenvalue weighted by Gasteiger charge is -2.10. The zero-order valence-corrected chi connectivity index (χ0v) is 11.2. The molecule has 0 bridgehead atoms. The highest BCUT2D eigenvalue weighted by atomic mass is 16.5. The van der Waals surface area contributed by atoms with Crippen molar-refractivity contribution in [3.8, 4) is 28.4 Å². The Balaban J connectivity index is 2.45. The maximum atomic E-state index is 12.2. The van der Waals surface area contributed by atoms with Crippen LogP contribution >= 0.6 is 0 Å². The highest BCUT2D eigenvalue weighted by Gasteiger charge is 2.20. The quantitative estimate of drug-likeness (QED) is 0.707. The van der Waals surface area contributed by atoms with Gasteiger partial charge in [-0.3, -0.25) is 0 Å². The summed E-state index contributed by atoms with van der Waals surface area (Å²) in [7, 11) is 1.41. The SMILES string of the molecule is COc1ccc(O)c2c(O)c(-c3ccccc3)c(=O)oc12. The largest absolute Gasteiger partial charge is 0.507 e. The summed E-state index contributed by atoms with van der Waals surface area (Å²) in [4.78, 5) is 12.2. The van der Waals surface area contributed by atoms with Crippen molar-refractivity contribution in [2.45, 2.75) is 0 Å². The molecule has 0 spiro atoms. The highest BCUT2D eigenvalue weighted by Crippen LogP contribution is 2.41. The molecular weight excluding hydrogens is 272 g/mol. The van der Waals surface area contributed by atoms with E-state index in [2.05, 4.69) is 0 Å². The second-order valence-electron chi connectivity index (χ2n) is 4.47. The smallest absolute Gasteiger partial charge is 0.348 e. The first-order valence-electron chi connectivity index (χ1n) is 6.24. The zero-order chi connectivity index (χ0) is 15.0. The van der Waals surface area contributed by atoms with Gasteiger partial charge in [0, 0.05) is 0 Å². The number of fused-ring (bicyclic) bond motifs is 1. The summed E-state index contributed by atoms with van der Waals surface area (Å²) < 4.78 is 10.3. The Labute approximate surface area is 119 Å². The lowest BCUT2D eigenvalue weighted by atomic mass is 10.0. The molecule has 5 heteroatoms. The van der Waals surface area contributed by atoms with Gasteiger partial charge >= 0.3 is 5.63 Å². The molecule has 5 nitrogen and oxygen atoms in total. The van der Waals surface area contributed by atoms with Crippen LogP contribution in [-0.4, -0.2) is 17.3 Å². The van der Waals surface area contributed by atoms with Gasteiger partial charge in [0.2, 0.25) is 0 Å². The topological polar surface area (TPSA) is 79.9 Å². The molecule has 0 radical (unpaired) electrons. The molecule has 0 amide bonds. The van der Waals surface area contributed by atoms with Crippen LogP contribution in [0, 0.1) is 0 Å². The Morgan fingerprint density at radius 3 is 2.43 bits per heavy atom. The molecule has 0 aliphatic rings. The first-order chi connectivity index (χ1) is 10.1. The summed E-state index contributed by atoms with van der Waals surface area (Å²) in [6.07, 6.45) is 0. The van der Waals surface area contributed by atoms with Gasteiger partial charge in [0.25, 0.3) is 0 Å². The fraction of sp³-hybridized carbons (Fsp3) is 0.0625. The van der Waals surface area contributed by atoms with Crippen LogP contribution < -0.4 is 10.4 Å². The van der Waals surface area contributed by atoms with E-state index < -0.39 is 5.63 Å². The lowest BCUT2D eigenvalue weighted by molar-refractivity contribution is 0.401. The molecule has 0 unspecified atom stereocenters. The number of phenols is 1. The summed E-state index contributed by atoms with van der Waals surface area (Å²) in [6.45, 7) is 0.